The fourth-order valence-corrected chi connectivity index (χ4v) is 2.23. The molecule has 0 aromatic carbocycles. The van der Waals surface area contributed by atoms with E-state index in [1.165, 1.54) is 12.4 Å². The standard InChI is InChI=1S/C11H10ClN3OS/c1-7(8-2-3-17-6-8)14-11(16)9-4-13-5-10(12)15-9/h2-7H,1H3,(H,14,16). The molecule has 6 heteroatoms. The van der Waals surface area contributed by atoms with Crippen LogP contribution in [0, 0.1) is 0 Å². The van der Waals surface area contributed by atoms with E-state index in [4.69, 9.17) is 11.6 Å². The second kappa shape index (κ2) is 5.25. The van der Waals surface area contributed by atoms with Crippen LogP contribution in [0.1, 0.15) is 29.0 Å². The van der Waals surface area contributed by atoms with Gasteiger partial charge in [0.25, 0.3) is 5.91 Å². The van der Waals surface area contributed by atoms with Crippen molar-refractivity contribution < 1.29 is 4.79 Å². The van der Waals surface area contributed by atoms with Crippen LogP contribution in [-0.2, 0) is 0 Å². The van der Waals surface area contributed by atoms with E-state index in [2.05, 4.69) is 15.3 Å². The topological polar surface area (TPSA) is 54.9 Å². The van der Waals surface area contributed by atoms with Crippen LogP contribution in [0.4, 0.5) is 0 Å². The molecule has 88 valence electrons. The Morgan fingerprint density at radius 2 is 2.35 bits per heavy atom. The minimum atomic E-state index is -0.279. The van der Waals surface area contributed by atoms with Gasteiger partial charge in [-0.2, -0.15) is 11.3 Å². The predicted octanol–water partition coefficient (Wildman–Crippen LogP) is 2.68. The summed E-state index contributed by atoms with van der Waals surface area (Å²) in [6.07, 6.45) is 2.78. The van der Waals surface area contributed by atoms with Gasteiger partial charge in [-0.3, -0.25) is 9.78 Å². The molecule has 0 aliphatic heterocycles. The number of carbonyl (C=O) groups is 1. The predicted molar refractivity (Wildman–Crippen MR) is 67.2 cm³/mol. The van der Waals surface area contributed by atoms with E-state index in [9.17, 15) is 4.79 Å². The van der Waals surface area contributed by atoms with E-state index in [1.807, 2.05) is 23.8 Å². The molecule has 0 saturated carbocycles. The highest BCUT2D eigenvalue weighted by molar-refractivity contribution is 7.07. The zero-order valence-corrected chi connectivity index (χ0v) is 10.6. The highest BCUT2D eigenvalue weighted by atomic mass is 35.5. The van der Waals surface area contributed by atoms with E-state index in [0.717, 1.165) is 5.56 Å². The first-order chi connectivity index (χ1) is 8.16. The number of hydrogen-bond acceptors (Lipinski definition) is 4. The second-order valence-corrected chi connectivity index (χ2v) is 4.65. The first-order valence-electron chi connectivity index (χ1n) is 4.97. The number of carbonyl (C=O) groups excluding carboxylic acids is 1. The number of nitrogens with zero attached hydrogens (tertiary/aromatic N) is 2. The first-order valence-corrected chi connectivity index (χ1v) is 6.29. The molecule has 1 unspecified atom stereocenters. The summed E-state index contributed by atoms with van der Waals surface area (Å²) >= 11 is 7.27. The summed E-state index contributed by atoms with van der Waals surface area (Å²) in [6, 6.07) is 1.91. The van der Waals surface area contributed by atoms with E-state index in [-0.39, 0.29) is 22.8 Å². The third-order valence-electron chi connectivity index (χ3n) is 2.23. The summed E-state index contributed by atoms with van der Waals surface area (Å²) in [5.74, 6) is -0.279. The van der Waals surface area contributed by atoms with Crippen molar-refractivity contribution in [1.29, 1.82) is 0 Å². The Hall–Kier alpha value is -1.46. The number of thiophene rings is 1. The number of halogens is 1. The van der Waals surface area contributed by atoms with Crippen LogP contribution in [0.5, 0.6) is 0 Å². The minimum Gasteiger partial charge on any atom is -0.344 e. The maximum absolute atomic E-state index is 11.8. The highest BCUT2D eigenvalue weighted by Crippen LogP contribution is 2.16. The Morgan fingerprint density at radius 3 is 3.00 bits per heavy atom. The quantitative estimate of drug-likeness (QED) is 0.930. The third kappa shape index (κ3) is 3.01. The van der Waals surface area contributed by atoms with Gasteiger partial charge in [-0.05, 0) is 29.3 Å². The Balaban J connectivity index is 2.07. The smallest absolute Gasteiger partial charge is 0.272 e. The van der Waals surface area contributed by atoms with Crippen LogP contribution in [0.3, 0.4) is 0 Å². The molecule has 0 saturated heterocycles. The summed E-state index contributed by atoms with van der Waals surface area (Å²) in [5.41, 5.74) is 1.29. The molecule has 0 aliphatic carbocycles. The van der Waals surface area contributed by atoms with Crippen LogP contribution in [0.15, 0.2) is 29.2 Å². The van der Waals surface area contributed by atoms with Crippen LogP contribution < -0.4 is 5.32 Å². The molecule has 2 aromatic rings. The maximum Gasteiger partial charge on any atom is 0.272 e. The van der Waals surface area contributed by atoms with E-state index >= 15 is 0 Å². The van der Waals surface area contributed by atoms with Crippen LogP contribution in [0.25, 0.3) is 0 Å². The monoisotopic (exact) mass is 267 g/mol. The van der Waals surface area contributed by atoms with Gasteiger partial charge in [0, 0.05) is 0 Å². The van der Waals surface area contributed by atoms with Crippen LogP contribution >= 0.6 is 22.9 Å². The van der Waals surface area contributed by atoms with Gasteiger partial charge in [-0.1, -0.05) is 11.6 Å². The molecule has 4 nitrogen and oxygen atoms in total. The molecule has 2 rings (SSSR count). The number of aromatic nitrogens is 2. The van der Waals surface area contributed by atoms with Crippen molar-refractivity contribution in [1.82, 2.24) is 15.3 Å². The highest BCUT2D eigenvalue weighted by Gasteiger charge is 2.13. The summed E-state index contributed by atoms with van der Waals surface area (Å²) in [7, 11) is 0. The van der Waals surface area contributed by atoms with Crippen molar-refractivity contribution >= 4 is 28.8 Å². The second-order valence-electron chi connectivity index (χ2n) is 3.48. The summed E-state index contributed by atoms with van der Waals surface area (Å²) in [5, 5.41) is 7.01. The van der Waals surface area contributed by atoms with Crippen molar-refractivity contribution in [2.75, 3.05) is 0 Å². The molecule has 1 N–H and O–H groups in total. The fraction of sp³-hybridized carbons (Fsp3) is 0.182. The van der Waals surface area contributed by atoms with Crippen molar-refractivity contribution in [3.8, 4) is 0 Å². The largest absolute Gasteiger partial charge is 0.344 e. The fourth-order valence-electron chi connectivity index (χ4n) is 1.33. The molecule has 2 heterocycles. The van der Waals surface area contributed by atoms with E-state index in [1.54, 1.807) is 11.3 Å². The number of hydrogen-bond donors (Lipinski definition) is 1. The zero-order chi connectivity index (χ0) is 12.3. The van der Waals surface area contributed by atoms with Crippen molar-refractivity contribution in [3.63, 3.8) is 0 Å². The number of nitrogens with one attached hydrogen (secondary N) is 1. The summed E-state index contributed by atoms with van der Waals surface area (Å²) in [6.45, 7) is 1.91. The van der Waals surface area contributed by atoms with E-state index in [0.29, 0.717) is 0 Å². The third-order valence-corrected chi connectivity index (χ3v) is 3.11. The Labute approximate surface area is 108 Å². The summed E-state index contributed by atoms with van der Waals surface area (Å²) in [4.78, 5) is 19.6. The lowest BCUT2D eigenvalue weighted by Crippen LogP contribution is -2.27. The SMILES string of the molecule is CC(NC(=O)c1cncc(Cl)n1)c1ccsc1. The molecule has 1 atom stereocenters. The first kappa shape index (κ1) is 12.0. The van der Waals surface area contributed by atoms with Gasteiger partial charge in [0.05, 0.1) is 18.4 Å². The van der Waals surface area contributed by atoms with Gasteiger partial charge in [0.1, 0.15) is 10.8 Å². The van der Waals surface area contributed by atoms with Gasteiger partial charge in [-0.15, -0.1) is 0 Å². The zero-order valence-electron chi connectivity index (χ0n) is 9.05. The van der Waals surface area contributed by atoms with Crippen molar-refractivity contribution in [2.24, 2.45) is 0 Å². The molecular formula is C11H10ClN3OS. The van der Waals surface area contributed by atoms with Crippen LogP contribution in [0.2, 0.25) is 5.15 Å². The minimum absolute atomic E-state index is 0.0606. The van der Waals surface area contributed by atoms with Gasteiger partial charge in [0.15, 0.2) is 0 Å². The van der Waals surface area contributed by atoms with Gasteiger partial charge < -0.3 is 5.32 Å². The molecule has 0 radical (unpaired) electrons. The molecule has 1 amide bonds. The number of amides is 1. The molecule has 2 aromatic heterocycles. The van der Waals surface area contributed by atoms with Gasteiger partial charge in [0.2, 0.25) is 0 Å². The lowest BCUT2D eigenvalue weighted by molar-refractivity contribution is 0.0934. The molecule has 0 aliphatic rings. The average Bonchev–Trinajstić information content (AvgIpc) is 2.82. The van der Waals surface area contributed by atoms with Gasteiger partial charge in [-0.25, -0.2) is 4.98 Å². The summed E-state index contributed by atoms with van der Waals surface area (Å²) < 4.78 is 0. The Morgan fingerprint density at radius 1 is 1.53 bits per heavy atom. The number of rotatable bonds is 3. The lowest BCUT2D eigenvalue weighted by Gasteiger charge is -2.11. The van der Waals surface area contributed by atoms with Crippen molar-refractivity contribution in [3.05, 3.63) is 45.6 Å². The Kier molecular flexibility index (Phi) is 3.71. The lowest BCUT2D eigenvalue weighted by atomic mass is 10.2. The maximum atomic E-state index is 11.8. The van der Waals surface area contributed by atoms with Crippen molar-refractivity contribution in [2.45, 2.75) is 13.0 Å². The average molecular weight is 268 g/mol. The van der Waals surface area contributed by atoms with E-state index < -0.39 is 0 Å². The Bertz CT molecular complexity index is 515. The normalized spacial score (nSPS) is 12.1. The van der Waals surface area contributed by atoms with Gasteiger partial charge >= 0.3 is 0 Å². The van der Waals surface area contributed by atoms with Crippen LogP contribution in [-0.4, -0.2) is 15.9 Å². The molecule has 0 spiro atoms. The molecule has 0 bridgehead atoms. The molecular weight excluding hydrogens is 258 g/mol. The molecule has 0 fully saturated rings. The molecule has 17 heavy (non-hydrogen) atoms.